The summed E-state index contributed by atoms with van der Waals surface area (Å²) in [5, 5.41) is 0. The zero-order valence-electron chi connectivity index (χ0n) is 8.34. The van der Waals surface area contributed by atoms with E-state index < -0.39 is 0 Å². The highest BCUT2D eigenvalue weighted by Gasteiger charge is 2.07. The molecule has 1 rings (SSSR count). The van der Waals surface area contributed by atoms with Crippen LogP contribution in [0.4, 0.5) is 0 Å². The van der Waals surface area contributed by atoms with Crippen LogP contribution in [-0.4, -0.2) is 12.6 Å². The van der Waals surface area contributed by atoms with Crippen molar-refractivity contribution >= 4 is 28.6 Å². The predicted octanol–water partition coefficient (Wildman–Crippen LogP) is 3.03. The summed E-state index contributed by atoms with van der Waals surface area (Å²) in [4.78, 5) is 11.4. The average molecular weight is 304 g/mol. The number of hydrogen-bond acceptors (Lipinski definition) is 2. The lowest BCUT2D eigenvalue weighted by molar-refractivity contribution is 0.0526. The van der Waals surface area contributed by atoms with Gasteiger partial charge < -0.3 is 4.74 Å². The first-order chi connectivity index (χ1) is 6.67. The third-order valence-corrected chi connectivity index (χ3v) is 2.50. The van der Waals surface area contributed by atoms with Crippen LogP contribution in [0.25, 0.3) is 0 Å². The third-order valence-electron chi connectivity index (χ3n) is 1.88. The SMILES string of the molecule is CCOC(=O)c1cc(I)cc(CC)c1. The monoisotopic (exact) mass is 304 g/mol. The fourth-order valence-corrected chi connectivity index (χ4v) is 1.92. The molecule has 0 saturated heterocycles. The minimum atomic E-state index is -0.235. The van der Waals surface area contributed by atoms with Crippen LogP contribution < -0.4 is 0 Å². The molecule has 14 heavy (non-hydrogen) atoms. The quantitative estimate of drug-likeness (QED) is 0.634. The zero-order valence-corrected chi connectivity index (χ0v) is 10.5. The number of halogens is 1. The molecular formula is C11H13IO2. The lowest BCUT2D eigenvalue weighted by Gasteiger charge is -2.04. The van der Waals surface area contributed by atoms with Crippen LogP contribution in [0.5, 0.6) is 0 Å². The van der Waals surface area contributed by atoms with Crippen molar-refractivity contribution in [3.8, 4) is 0 Å². The molecule has 0 radical (unpaired) electrons. The van der Waals surface area contributed by atoms with Gasteiger partial charge in [0.2, 0.25) is 0 Å². The van der Waals surface area contributed by atoms with Crippen molar-refractivity contribution in [2.75, 3.05) is 6.61 Å². The highest BCUT2D eigenvalue weighted by molar-refractivity contribution is 14.1. The van der Waals surface area contributed by atoms with E-state index in [-0.39, 0.29) is 5.97 Å². The van der Waals surface area contributed by atoms with Crippen LogP contribution in [0.15, 0.2) is 18.2 Å². The number of carbonyl (C=O) groups excluding carboxylic acids is 1. The molecule has 0 bridgehead atoms. The minimum Gasteiger partial charge on any atom is -0.462 e. The Morgan fingerprint density at radius 1 is 1.36 bits per heavy atom. The van der Waals surface area contributed by atoms with Gasteiger partial charge in [0.05, 0.1) is 12.2 Å². The summed E-state index contributed by atoms with van der Waals surface area (Å²) in [5.41, 5.74) is 1.82. The van der Waals surface area contributed by atoms with Gasteiger partial charge in [0, 0.05) is 3.57 Å². The first-order valence-electron chi connectivity index (χ1n) is 4.64. The molecule has 2 nitrogen and oxygen atoms in total. The number of esters is 1. The number of ether oxygens (including phenoxy) is 1. The van der Waals surface area contributed by atoms with Gasteiger partial charge in [0.15, 0.2) is 0 Å². The molecule has 0 fully saturated rings. The van der Waals surface area contributed by atoms with Crippen LogP contribution in [0, 0.1) is 3.57 Å². The third kappa shape index (κ3) is 2.97. The number of benzene rings is 1. The van der Waals surface area contributed by atoms with E-state index >= 15 is 0 Å². The normalized spacial score (nSPS) is 9.93. The zero-order chi connectivity index (χ0) is 10.6. The van der Waals surface area contributed by atoms with Gasteiger partial charge in [-0.2, -0.15) is 0 Å². The van der Waals surface area contributed by atoms with Crippen molar-refractivity contribution in [1.29, 1.82) is 0 Å². The number of carbonyl (C=O) groups is 1. The Balaban J connectivity index is 2.96. The molecule has 0 atom stereocenters. The Morgan fingerprint density at radius 3 is 2.64 bits per heavy atom. The van der Waals surface area contributed by atoms with Crippen molar-refractivity contribution in [1.82, 2.24) is 0 Å². The molecule has 0 aliphatic carbocycles. The molecular weight excluding hydrogens is 291 g/mol. The molecule has 0 aromatic heterocycles. The maximum atomic E-state index is 11.4. The maximum Gasteiger partial charge on any atom is 0.338 e. The second-order valence-corrected chi connectivity index (χ2v) is 4.17. The average Bonchev–Trinajstić information content (AvgIpc) is 2.17. The summed E-state index contributed by atoms with van der Waals surface area (Å²) < 4.78 is 6.01. The van der Waals surface area contributed by atoms with Crippen LogP contribution in [0.2, 0.25) is 0 Å². The molecule has 0 heterocycles. The summed E-state index contributed by atoms with van der Waals surface area (Å²) in [6, 6.07) is 5.81. The fraction of sp³-hybridized carbons (Fsp3) is 0.364. The van der Waals surface area contributed by atoms with Crippen molar-refractivity contribution in [2.45, 2.75) is 20.3 Å². The Hall–Kier alpha value is -0.580. The van der Waals surface area contributed by atoms with Crippen molar-refractivity contribution in [3.63, 3.8) is 0 Å². The minimum absolute atomic E-state index is 0.235. The summed E-state index contributed by atoms with van der Waals surface area (Å²) in [6.45, 7) is 4.30. The maximum absolute atomic E-state index is 11.4. The van der Waals surface area contributed by atoms with Gasteiger partial charge in [-0.15, -0.1) is 0 Å². The van der Waals surface area contributed by atoms with Gasteiger partial charge in [0.25, 0.3) is 0 Å². The number of aryl methyl sites for hydroxylation is 1. The molecule has 76 valence electrons. The summed E-state index contributed by atoms with van der Waals surface area (Å²) in [6.07, 6.45) is 0.934. The van der Waals surface area contributed by atoms with Crippen molar-refractivity contribution < 1.29 is 9.53 Å². The molecule has 0 unspecified atom stereocenters. The molecule has 0 amide bonds. The first-order valence-corrected chi connectivity index (χ1v) is 5.71. The second-order valence-electron chi connectivity index (χ2n) is 2.92. The molecule has 1 aromatic rings. The molecule has 3 heteroatoms. The lowest BCUT2D eigenvalue weighted by Crippen LogP contribution is -2.05. The van der Waals surface area contributed by atoms with E-state index in [0.29, 0.717) is 12.2 Å². The molecule has 1 aromatic carbocycles. The van der Waals surface area contributed by atoms with E-state index in [1.54, 1.807) is 0 Å². The standard InChI is InChI=1S/C11H13IO2/c1-3-8-5-9(7-10(12)6-8)11(13)14-4-2/h5-7H,3-4H2,1-2H3. The van der Waals surface area contributed by atoms with E-state index in [1.165, 1.54) is 5.56 Å². The van der Waals surface area contributed by atoms with Gasteiger partial charge >= 0.3 is 5.97 Å². The van der Waals surface area contributed by atoms with E-state index in [2.05, 4.69) is 35.6 Å². The Bertz CT molecular complexity index is 334. The van der Waals surface area contributed by atoms with Gasteiger partial charge in [-0.3, -0.25) is 0 Å². The Labute approximate surface area is 97.8 Å². The van der Waals surface area contributed by atoms with E-state index in [1.807, 2.05) is 19.1 Å². The smallest absolute Gasteiger partial charge is 0.338 e. The predicted molar refractivity (Wildman–Crippen MR) is 64.5 cm³/mol. The van der Waals surface area contributed by atoms with E-state index in [9.17, 15) is 4.79 Å². The highest BCUT2D eigenvalue weighted by atomic mass is 127. The highest BCUT2D eigenvalue weighted by Crippen LogP contribution is 2.14. The number of rotatable bonds is 3. The molecule has 0 N–H and O–H groups in total. The summed E-state index contributed by atoms with van der Waals surface area (Å²) in [7, 11) is 0. The van der Waals surface area contributed by atoms with Crippen LogP contribution in [-0.2, 0) is 11.2 Å². The van der Waals surface area contributed by atoms with E-state index in [4.69, 9.17) is 4.74 Å². The second kappa shape index (κ2) is 5.34. The summed E-state index contributed by atoms with van der Waals surface area (Å²) >= 11 is 2.21. The Kier molecular flexibility index (Phi) is 4.38. The van der Waals surface area contributed by atoms with E-state index in [0.717, 1.165) is 9.99 Å². The van der Waals surface area contributed by atoms with Crippen LogP contribution in [0.1, 0.15) is 29.8 Å². The van der Waals surface area contributed by atoms with Crippen molar-refractivity contribution in [2.24, 2.45) is 0 Å². The Morgan fingerprint density at radius 2 is 2.07 bits per heavy atom. The fourth-order valence-electron chi connectivity index (χ4n) is 1.19. The molecule has 0 aliphatic heterocycles. The largest absolute Gasteiger partial charge is 0.462 e. The van der Waals surface area contributed by atoms with Gasteiger partial charge in [-0.1, -0.05) is 6.92 Å². The number of hydrogen-bond donors (Lipinski definition) is 0. The van der Waals surface area contributed by atoms with Gasteiger partial charge in [-0.05, 0) is 59.7 Å². The summed E-state index contributed by atoms with van der Waals surface area (Å²) in [5.74, 6) is -0.235. The molecule has 0 aliphatic rings. The van der Waals surface area contributed by atoms with Crippen molar-refractivity contribution in [3.05, 3.63) is 32.9 Å². The van der Waals surface area contributed by atoms with Crippen LogP contribution in [0.3, 0.4) is 0 Å². The van der Waals surface area contributed by atoms with Gasteiger partial charge in [0.1, 0.15) is 0 Å². The molecule has 0 saturated carbocycles. The first kappa shape index (κ1) is 11.5. The topological polar surface area (TPSA) is 26.3 Å². The van der Waals surface area contributed by atoms with Crippen LogP contribution >= 0.6 is 22.6 Å². The van der Waals surface area contributed by atoms with Gasteiger partial charge in [-0.25, -0.2) is 4.79 Å². The lowest BCUT2D eigenvalue weighted by atomic mass is 10.1. The molecule has 0 spiro atoms.